The summed E-state index contributed by atoms with van der Waals surface area (Å²) in [6.45, 7) is 1.05. The summed E-state index contributed by atoms with van der Waals surface area (Å²) in [6.07, 6.45) is 2.44. The lowest BCUT2D eigenvalue weighted by Gasteiger charge is -2.19. The van der Waals surface area contributed by atoms with Gasteiger partial charge in [-0.1, -0.05) is 0 Å². The van der Waals surface area contributed by atoms with Crippen molar-refractivity contribution in [2.45, 2.75) is 12.5 Å². The number of carbonyl (C=O) groups excluding carboxylic acids is 1. The van der Waals surface area contributed by atoms with Crippen molar-refractivity contribution in [3.63, 3.8) is 0 Å². The molecular weight excluding hydrogens is 327 g/mol. The number of fused-ring (bicyclic) bond motifs is 1. The van der Waals surface area contributed by atoms with E-state index in [1.165, 1.54) is 12.1 Å². The summed E-state index contributed by atoms with van der Waals surface area (Å²) in [4.78, 5) is 12.5. The molecular formula is C16H17FN6O2. The number of aryl methyl sites for hydroxylation is 1. The number of aromatic amines is 1. The Bertz CT molecular complexity index is 920. The molecule has 9 heteroatoms. The van der Waals surface area contributed by atoms with Gasteiger partial charge in [-0.3, -0.25) is 9.48 Å². The van der Waals surface area contributed by atoms with Crippen LogP contribution in [-0.4, -0.2) is 44.3 Å². The average molecular weight is 344 g/mol. The lowest BCUT2D eigenvalue weighted by atomic mass is 9.98. The standard InChI is InChI=1S/C16H17FN6O2/c1-23-13(2-4-19-23)15-9(3-5-25-15)8-18-16(24)11-6-10(17)7-12-14(11)21-22-20-12/h2,4,6-7,9,15H,3,5,8H2,1H3,(H,18,24)(H,20,21,22)/t9-,15+/m0/s1. The van der Waals surface area contributed by atoms with Crippen LogP contribution >= 0.6 is 0 Å². The Kier molecular flexibility index (Phi) is 3.92. The number of amides is 1. The maximum absolute atomic E-state index is 13.7. The number of nitrogens with one attached hydrogen (secondary N) is 2. The van der Waals surface area contributed by atoms with E-state index in [0.29, 0.717) is 24.2 Å². The van der Waals surface area contributed by atoms with E-state index in [1.54, 1.807) is 10.9 Å². The van der Waals surface area contributed by atoms with Crippen molar-refractivity contribution in [2.24, 2.45) is 13.0 Å². The molecule has 4 rings (SSSR count). The fraction of sp³-hybridized carbons (Fsp3) is 0.375. The number of nitrogens with zero attached hydrogens (tertiary/aromatic N) is 4. The SMILES string of the molecule is Cn1nccc1[C@@H]1OCC[C@H]1CNC(=O)c1cc(F)cc2n[nH]nc12. The first-order valence-electron chi connectivity index (χ1n) is 8.01. The van der Waals surface area contributed by atoms with Crippen LogP contribution < -0.4 is 5.32 Å². The van der Waals surface area contributed by atoms with Crippen molar-refractivity contribution < 1.29 is 13.9 Å². The zero-order valence-corrected chi connectivity index (χ0v) is 13.6. The van der Waals surface area contributed by atoms with Crippen molar-refractivity contribution in [2.75, 3.05) is 13.2 Å². The Balaban J connectivity index is 1.50. The van der Waals surface area contributed by atoms with Crippen LogP contribution in [0.3, 0.4) is 0 Å². The Labute approximate surface area is 142 Å². The van der Waals surface area contributed by atoms with E-state index < -0.39 is 5.82 Å². The summed E-state index contributed by atoms with van der Waals surface area (Å²) in [5.74, 6) is -0.779. The highest BCUT2D eigenvalue weighted by molar-refractivity contribution is 6.04. The van der Waals surface area contributed by atoms with Gasteiger partial charge in [-0.05, 0) is 18.6 Å². The summed E-state index contributed by atoms with van der Waals surface area (Å²) in [5, 5.41) is 17.2. The number of aromatic nitrogens is 5. The van der Waals surface area contributed by atoms with Crippen LogP contribution in [0, 0.1) is 11.7 Å². The Morgan fingerprint density at radius 1 is 1.48 bits per heavy atom. The molecule has 0 bridgehead atoms. The van der Waals surface area contributed by atoms with Crippen LogP contribution in [-0.2, 0) is 11.8 Å². The molecule has 1 aliphatic heterocycles. The predicted octanol–water partition coefficient (Wildman–Crippen LogP) is 1.34. The van der Waals surface area contributed by atoms with E-state index >= 15 is 0 Å². The lowest BCUT2D eigenvalue weighted by molar-refractivity contribution is 0.0801. The molecule has 3 aromatic rings. The van der Waals surface area contributed by atoms with Crippen molar-refractivity contribution in [3.05, 3.63) is 41.5 Å². The van der Waals surface area contributed by atoms with Gasteiger partial charge in [0.1, 0.15) is 23.0 Å². The topological polar surface area (TPSA) is 97.7 Å². The molecule has 0 aliphatic carbocycles. The van der Waals surface area contributed by atoms with Crippen LogP contribution in [0.15, 0.2) is 24.4 Å². The molecule has 1 aromatic carbocycles. The maximum Gasteiger partial charge on any atom is 0.253 e. The molecule has 1 aliphatic rings. The van der Waals surface area contributed by atoms with Crippen LogP contribution in [0.25, 0.3) is 11.0 Å². The van der Waals surface area contributed by atoms with Gasteiger partial charge < -0.3 is 10.1 Å². The fourth-order valence-electron chi connectivity index (χ4n) is 3.24. The van der Waals surface area contributed by atoms with Crippen molar-refractivity contribution in [1.29, 1.82) is 0 Å². The molecule has 8 nitrogen and oxygen atoms in total. The first-order chi connectivity index (χ1) is 12.1. The minimum atomic E-state index is -0.525. The summed E-state index contributed by atoms with van der Waals surface area (Å²) in [7, 11) is 1.86. The smallest absolute Gasteiger partial charge is 0.253 e. The van der Waals surface area contributed by atoms with E-state index in [-0.39, 0.29) is 23.5 Å². The largest absolute Gasteiger partial charge is 0.372 e. The van der Waals surface area contributed by atoms with Gasteiger partial charge in [-0.15, -0.1) is 0 Å². The lowest BCUT2D eigenvalue weighted by Crippen LogP contribution is -2.31. The van der Waals surface area contributed by atoms with Gasteiger partial charge in [0.2, 0.25) is 0 Å². The number of carbonyl (C=O) groups is 1. The monoisotopic (exact) mass is 344 g/mol. The molecule has 2 aromatic heterocycles. The summed E-state index contributed by atoms with van der Waals surface area (Å²) in [5.41, 5.74) is 1.81. The highest BCUT2D eigenvalue weighted by Crippen LogP contribution is 2.33. The summed E-state index contributed by atoms with van der Waals surface area (Å²) in [6, 6.07) is 4.32. The zero-order chi connectivity index (χ0) is 17.4. The second-order valence-electron chi connectivity index (χ2n) is 6.07. The van der Waals surface area contributed by atoms with Gasteiger partial charge in [-0.2, -0.15) is 20.5 Å². The summed E-state index contributed by atoms with van der Waals surface area (Å²) < 4.78 is 21.3. The molecule has 2 atom stereocenters. The molecule has 0 unspecified atom stereocenters. The highest BCUT2D eigenvalue weighted by Gasteiger charge is 2.32. The van der Waals surface area contributed by atoms with Gasteiger partial charge in [0, 0.05) is 38.4 Å². The van der Waals surface area contributed by atoms with Gasteiger partial charge in [0.15, 0.2) is 0 Å². The third-order valence-electron chi connectivity index (χ3n) is 4.52. The predicted molar refractivity (Wildman–Crippen MR) is 86.2 cm³/mol. The van der Waals surface area contributed by atoms with E-state index in [4.69, 9.17) is 4.74 Å². The Morgan fingerprint density at radius 3 is 3.16 bits per heavy atom. The Morgan fingerprint density at radius 2 is 2.36 bits per heavy atom. The maximum atomic E-state index is 13.7. The molecule has 1 fully saturated rings. The van der Waals surface area contributed by atoms with Gasteiger partial charge >= 0.3 is 0 Å². The molecule has 130 valence electrons. The molecule has 0 radical (unpaired) electrons. The van der Waals surface area contributed by atoms with Gasteiger partial charge in [-0.25, -0.2) is 4.39 Å². The second-order valence-corrected chi connectivity index (χ2v) is 6.07. The number of H-pyrrole nitrogens is 1. The molecule has 2 N–H and O–H groups in total. The minimum absolute atomic E-state index is 0.118. The first-order valence-corrected chi connectivity index (χ1v) is 8.01. The van der Waals surface area contributed by atoms with E-state index in [2.05, 4.69) is 25.8 Å². The fourth-order valence-corrected chi connectivity index (χ4v) is 3.24. The van der Waals surface area contributed by atoms with Gasteiger partial charge in [0.25, 0.3) is 5.91 Å². The van der Waals surface area contributed by atoms with E-state index in [1.807, 2.05) is 13.1 Å². The first kappa shape index (κ1) is 15.7. The molecule has 0 spiro atoms. The van der Waals surface area contributed by atoms with Crippen molar-refractivity contribution >= 4 is 16.9 Å². The summed E-state index contributed by atoms with van der Waals surface area (Å²) >= 11 is 0. The molecule has 1 saturated heterocycles. The minimum Gasteiger partial charge on any atom is -0.372 e. The quantitative estimate of drug-likeness (QED) is 0.744. The second kappa shape index (κ2) is 6.25. The van der Waals surface area contributed by atoms with E-state index in [9.17, 15) is 9.18 Å². The number of hydrogen-bond acceptors (Lipinski definition) is 5. The van der Waals surface area contributed by atoms with Crippen LogP contribution in [0.2, 0.25) is 0 Å². The zero-order valence-electron chi connectivity index (χ0n) is 13.6. The van der Waals surface area contributed by atoms with Gasteiger partial charge in [0.05, 0.1) is 11.3 Å². The number of rotatable bonds is 4. The number of hydrogen-bond donors (Lipinski definition) is 2. The number of ether oxygens (including phenoxy) is 1. The molecule has 0 saturated carbocycles. The molecule has 25 heavy (non-hydrogen) atoms. The molecule has 1 amide bonds. The van der Waals surface area contributed by atoms with E-state index in [0.717, 1.165) is 12.1 Å². The van der Waals surface area contributed by atoms with Crippen molar-refractivity contribution in [3.8, 4) is 0 Å². The van der Waals surface area contributed by atoms with Crippen molar-refractivity contribution in [1.82, 2.24) is 30.5 Å². The number of benzene rings is 1. The average Bonchev–Trinajstić information content (AvgIpc) is 3.31. The third-order valence-corrected chi connectivity index (χ3v) is 4.52. The van der Waals surface area contributed by atoms with Crippen LogP contribution in [0.5, 0.6) is 0 Å². The van der Waals surface area contributed by atoms with Crippen LogP contribution in [0.1, 0.15) is 28.6 Å². The Hall–Kier alpha value is -2.81. The highest BCUT2D eigenvalue weighted by atomic mass is 19.1. The number of halogens is 1. The normalized spacial score (nSPS) is 20.2. The third kappa shape index (κ3) is 2.86. The van der Waals surface area contributed by atoms with Crippen LogP contribution in [0.4, 0.5) is 4.39 Å². The molecule has 3 heterocycles.